The number of hydrogen-bond acceptors (Lipinski definition) is 1. The molecule has 0 saturated carbocycles. The van der Waals surface area contributed by atoms with Crippen LogP contribution in [0.1, 0.15) is 18.9 Å². The maximum absolute atomic E-state index is 6.05. The number of nitrogens with one attached hydrogen (secondary N) is 1. The Labute approximate surface area is 95.4 Å². The zero-order valence-electron chi connectivity index (χ0n) is 8.48. The lowest BCUT2D eigenvalue weighted by Crippen LogP contribution is -2.21. The van der Waals surface area contributed by atoms with Gasteiger partial charge in [0.1, 0.15) is 0 Å². The highest BCUT2D eigenvalue weighted by Crippen LogP contribution is 2.25. The van der Waals surface area contributed by atoms with Crippen LogP contribution in [0.25, 0.3) is 0 Å². The van der Waals surface area contributed by atoms with Gasteiger partial charge in [-0.05, 0) is 44.5 Å². The first-order chi connectivity index (χ1) is 6.65. The van der Waals surface area contributed by atoms with Crippen molar-refractivity contribution in [1.29, 1.82) is 0 Å². The highest BCUT2D eigenvalue weighted by Gasteiger charge is 2.06. The molecule has 0 fully saturated rings. The Balaban J connectivity index is 2.66. The molecule has 1 rings (SSSR count). The predicted octanol–water partition coefficient (Wildman–Crippen LogP) is 3.53. The van der Waals surface area contributed by atoms with Crippen molar-refractivity contribution in [3.8, 4) is 0 Å². The molecule has 78 valence electrons. The zero-order chi connectivity index (χ0) is 10.6. The van der Waals surface area contributed by atoms with Gasteiger partial charge in [-0.1, -0.05) is 29.3 Å². The van der Waals surface area contributed by atoms with Crippen LogP contribution in [0.15, 0.2) is 18.2 Å². The standard InChI is InChI=1S/C11H15Cl2N/c1-8(14-2)6-7-9-10(12)4-3-5-11(9)13/h3-5,8,14H,6-7H2,1-2H3. The van der Waals surface area contributed by atoms with E-state index in [0.29, 0.717) is 6.04 Å². The molecule has 1 aromatic rings. The van der Waals surface area contributed by atoms with E-state index in [1.165, 1.54) is 0 Å². The molecule has 0 aromatic heterocycles. The molecule has 0 bridgehead atoms. The van der Waals surface area contributed by atoms with Crippen molar-refractivity contribution in [2.24, 2.45) is 0 Å². The monoisotopic (exact) mass is 231 g/mol. The largest absolute Gasteiger partial charge is 0.317 e. The summed E-state index contributed by atoms with van der Waals surface area (Å²) >= 11 is 12.1. The molecule has 1 unspecified atom stereocenters. The maximum Gasteiger partial charge on any atom is 0.0452 e. The second-order valence-corrected chi connectivity index (χ2v) is 4.24. The molecule has 1 N–H and O–H groups in total. The first-order valence-electron chi connectivity index (χ1n) is 4.75. The van der Waals surface area contributed by atoms with Gasteiger partial charge in [-0.2, -0.15) is 0 Å². The van der Waals surface area contributed by atoms with Gasteiger partial charge >= 0.3 is 0 Å². The maximum atomic E-state index is 6.05. The fraction of sp³-hybridized carbons (Fsp3) is 0.455. The molecule has 1 aromatic carbocycles. The van der Waals surface area contributed by atoms with Crippen molar-refractivity contribution in [3.05, 3.63) is 33.8 Å². The number of benzene rings is 1. The van der Waals surface area contributed by atoms with E-state index in [4.69, 9.17) is 23.2 Å². The predicted molar refractivity (Wildman–Crippen MR) is 63.3 cm³/mol. The summed E-state index contributed by atoms with van der Waals surface area (Å²) in [6, 6.07) is 6.12. The molecule has 0 aliphatic rings. The van der Waals surface area contributed by atoms with Gasteiger partial charge in [0.2, 0.25) is 0 Å². The van der Waals surface area contributed by atoms with Crippen LogP contribution < -0.4 is 5.32 Å². The molecule has 0 heterocycles. The van der Waals surface area contributed by atoms with E-state index >= 15 is 0 Å². The van der Waals surface area contributed by atoms with Crippen LogP contribution in [0.3, 0.4) is 0 Å². The Bertz CT molecular complexity index is 279. The Kier molecular flexibility index (Phi) is 4.73. The molecule has 0 saturated heterocycles. The second-order valence-electron chi connectivity index (χ2n) is 3.43. The molecule has 1 nitrogen and oxygen atoms in total. The van der Waals surface area contributed by atoms with E-state index in [1.54, 1.807) is 0 Å². The smallest absolute Gasteiger partial charge is 0.0452 e. The van der Waals surface area contributed by atoms with Crippen molar-refractivity contribution in [2.75, 3.05) is 7.05 Å². The fourth-order valence-electron chi connectivity index (χ4n) is 1.28. The molecular weight excluding hydrogens is 217 g/mol. The third-order valence-corrected chi connectivity index (χ3v) is 3.09. The Hall–Kier alpha value is -0.240. The summed E-state index contributed by atoms with van der Waals surface area (Å²) in [7, 11) is 1.96. The first kappa shape index (κ1) is 11.8. The first-order valence-corrected chi connectivity index (χ1v) is 5.51. The molecule has 0 aliphatic heterocycles. The summed E-state index contributed by atoms with van der Waals surface area (Å²) < 4.78 is 0. The normalized spacial score (nSPS) is 12.9. The average molecular weight is 232 g/mol. The van der Waals surface area contributed by atoms with Gasteiger partial charge in [-0.15, -0.1) is 0 Å². The van der Waals surface area contributed by atoms with Gasteiger partial charge in [-0.25, -0.2) is 0 Å². The van der Waals surface area contributed by atoms with E-state index in [1.807, 2.05) is 25.2 Å². The van der Waals surface area contributed by atoms with E-state index in [9.17, 15) is 0 Å². The topological polar surface area (TPSA) is 12.0 Å². The van der Waals surface area contributed by atoms with Gasteiger partial charge in [0.05, 0.1) is 0 Å². The summed E-state index contributed by atoms with van der Waals surface area (Å²) in [6.45, 7) is 2.14. The van der Waals surface area contributed by atoms with Gasteiger partial charge in [-0.3, -0.25) is 0 Å². The van der Waals surface area contributed by atoms with Gasteiger partial charge in [0.25, 0.3) is 0 Å². The van der Waals surface area contributed by atoms with Crippen molar-refractivity contribution in [1.82, 2.24) is 5.32 Å². The molecule has 1 atom stereocenters. The van der Waals surface area contributed by atoms with Gasteiger partial charge in [0, 0.05) is 16.1 Å². The van der Waals surface area contributed by atoms with Gasteiger partial charge < -0.3 is 5.32 Å². The summed E-state index contributed by atoms with van der Waals surface area (Å²) in [5.74, 6) is 0. The van der Waals surface area contributed by atoms with Crippen molar-refractivity contribution in [3.63, 3.8) is 0 Å². The average Bonchev–Trinajstić information content (AvgIpc) is 2.16. The number of rotatable bonds is 4. The molecular formula is C11H15Cl2N. The lowest BCUT2D eigenvalue weighted by Gasteiger charge is -2.11. The Morgan fingerprint density at radius 3 is 2.36 bits per heavy atom. The van der Waals surface area contributed by atoms with E-state index in [2.05, 4.69) is 12.2 Å². The van der Waals surface area contributed by atoms with Crippen LogP contribution in [0.4, 0.5) is 0 Å². The molecule has 0 radical (unpaired) electrons. The quantitative estimate of drug-likeness (QED) is 0.837. The van der Waals surface area contributed by atoms with Crippen LogP contribution in [0, 0.1) is 0 Å². The molecule has 14 heavy (non-hydrogen) atoms. The minimum absolute atomic E-state index is 0.488. The lowest BCUT2D eigenvalue weighted by molar-refractivity contribution is 0.565. The highest BCUT2D eigenvalue weighted by atomic mass is 35.5. The SMILES string of the molecule is CNC(C)CCc1c(Cl)cccc1Cl. The van der Waals surface area contributed by atoms with Gasteiger partial charge in [0.15, 0.2) is 0 Å². The number of hydrogen-bond donors (Lipinski definition) is 1. The third kappa shape index (κ3) is 3.16. The van der Waals surface area contributed by atoms with E-state index < -0.39 is 0 Å². The minimum atomic E-state index is 0.488. The van der Waals surface area contributed by atoms with Crippen molar-refractivity contribution >= 4 is 23.2 Å². The van der Waals surface area contributed by atoms with Crippen molar-refractivity contribution < 1.29 is 0 Å². The van der Waals surface area contributed by atoms with Crippen LogP contribution in [-0.2, 0) is 6.42 Å². The van der Waals surface area contributed by atoms with E-state index in [0.717, 1.165) is 28.5 Å². The van der Waals surface area contributed by atoms with Crippen molar-refractivity contribution in [2.45, 2.75) is 25.8 Å². The second kappa shape index (κ2) is 5.59. The Morgan fingerprint density at radius 1 is 1.29 bits per heavy atom. The minimum Gasteiger partial charge on any atom is -0.317 e. The molecule has 0 amide bonds. The summed E-state index contributed by atoms with van der Waals surface area (Å²) in [4.78, 5) is 0. The van der Waals surface area contributed by atoms with Crippen LogP contribution in [0.2, 0.25) is 10.0 Å². The van der Waals surface area contributed by atoms with Crippen LogP contribution in [0.5, 0.6) is 0 Å². The fourth-order valence-corrected chi connectivity index (χ4v) is 1.86. The molecule has 3 heteroatoms. The van der Waals surface area contributed by atoms with E-state index in [-0.39, 0.29) is 0 Å². The third-order valence-electron chi connectivity index (χ3n) is 2.38. The highest BCUT2D eigenvalue weighted by molar-refractivity contribution is 6.35. The zero-order valence-corrected chi connectivity index (χ0v) is 9.99. The molecule has 0 spiro atoms. The molecule has 0 aliphatic carbocycles. The summed E-state index contributed by atoms with van der Waals surface area (Å²) in [5, 5.41) is 4.72. The summed E-state index contributed by atoms with van der Waals surface area (Å²) in [5.41, 5.74) is 1.05. The number of halogens is 2. The Morgan fingerprint density at radius 2 is 1.86 bits per heavy atom. The lowest BCUT2D eigenvalue weighted by atomic mass is 10.1. The van der Waals surface area contributed by atoms with Crippen LogP contribution >= 0.6 is 23.2 Å². The summed E-state index contributed by atoms with van der Waals surface area (Å²) in [6.07, 6.45) is 1.96. The van der Waals surface area contributed by atoms with Crippen LogP contribution in [-0.4, -0.2) is 13.1 Å².